The summed E-state index contributed by atoms with van der Waals surface area (Å²) in [4.78, 5) is 0. The predicted molar refractivity (Wildman–Crippen MR) is 83.0 cm³/mol. The Kier molecular flexibility index (Phi) is 3.65. The summed E-state index contributed by atoms with van der Waals surface area (Å²) in [6.07, 6.45) is 3.11. The van der Waals surface area contributed by atoms with Gasteiger partial charge in [0.1, 0.15) is 5.82 Å². The van der Waals surface area contributed by atoms with Crippen molar-refractivity contribution in [2.24, 2.45) is 0 Å². The van der Waals surface area contributed by atoms with Gasteiger partial charge in [0, 0.05) is 22.9 Å². The summed E-state index contributed by atoms with van der Waals surface area (Å²) in [6.45, 7) is 0.958. The molecule has 2 aromatic rings. The Morgan fingerprint density at radius 1 is 1.42 bits per heavy atom. The van der Waals surface area contributed by atoms with E-state index in [-0.39, 0.29) is 0 Å². The molecule has 0 radical (unpaired) electrons. The molecule has 100 valence electrons. The van der Waals surface area contributed by atoms with E-state index in [2.05, 4.69) is 16.7 Å². The Morgan fingerprint density at radius 3 is 3.00 bits per heavy atom. The molecule has 0 spiro atoms. The first-order valence-electron chi connectivity index (χ1n) is 5.99. The SMILES string of the molecule is CSCc1nn(-c2ccc(Cl)cc2Cl)c2c1CCN2. The molecule has 0 saturated heterocycles. The maximum atomic E-state index is 6.27. The summed E-state index contributed by atoms with van der Waals surface area (Å²) < 4.78 is 1.90. The van der Waals surface area contributed by atoms with Crippen LogP contribution in [0, 0.1) is 0 Å². The van der Waals surface area contributed by atoms with E-state index in [1.165, 1.54) is 5.56 Å². The number of hydrogen-bond acceptors (Lipinski definition) is 3. The number of anilines is 1. The number of halogens is 2. The minimum Gasteiger partial charge on any atom is -0.369 e. The predicted octanol–water partition coefficient (Wildman–Crippen LogP) is 4.01. The fraction of sp³-hybridized carbons (Fsp3) is 0.308. The second kappa shape index (κ2) is 5.27. The van der Waals surface area contributed by atoms with Crippen molar-refractivity contribution < 1.29 is 0 Å². The van der Waals surface area contributed by atoms with Crippen molar-refractivity contribution in [2.75, 3.05) is 18.1 Å². The third-order valence-electron chi connectivity index (χ3n) is 3.15. The van der Waals surface area contributed by atoms with Gasteiger partial charge in [0.2, 0.25) is 0 Å². The lowest BCUT2D eigenvalue weighted by molar-refractivity contribution is 0.853. The zero-order valence-corrected chi connectivity index (χ0v) is 12.7. The van der Waals surface area contributed by atoms with Crippen molar-refractivity contribution in [1.82, 2.24) is 9.78 Å². The summed E-state index contributed by atoms with van der Waals surface area (Å²) in [5.41, 5.74) is 3.31. The van der Waals surface area contributed by atoms with Crippen LogP contribution in [0.5, 0.6) is 0 Å². The summed E-state index contributed by atoms with van der Waals surface area (Å²) >= 11 is 14.0. The van der Waals surface area contributed by atoms with Crippen molar-refractivity contribution in [3.8, 4) is 5.69 Å². The summed E-state index contributed by atoms with van der Waals surface area (Å²) in [7, 11) is 0. The molecule has 1 N–H and O–H groups in total. The number of nitrogens with zero attached hydrogens (tertiary/aromatic N) is 2. The average molecular weight is 314 g/mol. The van der Waals surface area contributed by atoms with Gasteiger partial charge in [-0.25, -0.2) is 4.68 Å². The number of benzene rings is 1. The van der Waals surface area contributed by atoms with E-state index in [1.54, 1.807) is 17.8 Å². The van der Waals surface area contributed by atoms with Crippen molar-refractivity contribution in [3.63, 3.8) is 0 Å². The van der Waals surface area contributed by atoms with Gasteiger partial charge in [0.05, 0.1) is 16.4 Å². The Bertz CT molecular complexity index is 625. The van der Waals surface area contributed by atoms with Gasteiger partial charge in [-0.3, -0.25) is 0 Å². The zero-order valence-electron chi connectivity index (χ0n) is 10.4. The molecule has 1 aliphatic rings. The van der Waals surface area contributed by atoms with Crippen LogP contribution in [-0.4, -0.2) is 22.6 Å². The Balaban J connectivity index is 2.12. The largest absolute Gasteiger partial charge is 0.369 e. The molecule has 3 rings (SSSR count). The molecule has 1 aromatic carbocycles. The van der Waals surface area contributed by atoms with Gasteiger partial charge < -0.3 is 5.32 Å². The number of aromatic nitrogens is 2. The topological polar surface area (TPSA) is 29.9 Å². The van der Waals surface area contributed by atoms with Crippen LogP contribution in [0.3, 0.4) is 0 Å². The first-order valence-corrected chi connectivity index (χ1v) is 8.14. The normalized spacial score (nSPS) is 13.4. The Hall–Kier alpha value is -0.840. The van der Waals surface area contributed by atoms with E-state index in [9.17, 15) is 0 Å². The van der Waals surface area contributed by atoms with Gasteiger partial charge in [0.15, 0.2) is 0 Å². The molecule has 19 heavy (non-hydrogen) atoms. The van der Waals surface area contributed by atoms with Gasteiger partial charge in [-0.2, -0.15) is 16.9 Å². The molecular weight excluding hydrogens is 301 g/mol. The molecule has 6 heteroatoms. The highest BCUT2D eigenvalue weighted by molar-refractivity contribution is 7.97. The molecule has 3 nitrogen and oxygen atoms in total. The standard InChI is InChI=1S/C13H13Cl2N3S/c1-19-7-11-9-4-5-16-13(9)18(17-11)12-3-2-8(14)6-10(12)15/h2-3,6,16H,4-5,7H2,1H3. The zero-order chi connectivity index (χ0) is 13.4. The number of rotatable bonds is 3. The van der Waals surface area contributed by atoms with Crippen LogP contribution in [0.15, 0.2) is 18.2 Å². The highest BCUT2D eigenvalue weighted by Crippen LogP contribution is 2.33. The molecule has 0 atom stereocenters. The molecule has 0 aliphatic carbocycles. The minimum absolute atomic E-state index is 0.613. The number of nitrogens with one attached hydrogen (secondary N) is 1. The van der Waals surface area contributed by atoms with Crippen LogP contribution in [0.25, 0.3) is 5.69 Å². The Labute approximate surface area is 126 Å². The first-order chi connectivity index (χ1) is 9.20. The Morgan fingerprint density at radius 2 is 2.26 bits per heavy atom. The fourth-order valence-electron chi connectivity index (χ4n) is 2.33. The van der Waals surface area contributed by atoms with Gasteiger partial charge >= 0.3 is 0 Å². The second-order valence-corrected chi connectivity index (χ2v) is 6.10. The van der Waals surface area contributed by atoms with Crippen LogP contribution in [-0.2, 0) is 12.2 Å². The van der Waals surface area contributed by atoms with Crippen LogP contribution < -0.4 is 5.32 Å². The molecule has 2 heterocycles. The van der Waals surface area contributed by atoms with Crippen molar-refractivity contribution in [2.45, 2.75) is 12.2 Å². The van der Waals surface area contributed by atoms with Gasteiger partial charge in [-0.15, -0.1) is 0 Å². The summed E-state index contributed by atoms with van der Waals surface area (Å²) in [5, 5.41) is 9.32. The van der Waals surface area contributed by atoms with Gasteiger partial charge in [-0.05, 0) is 30.9 Å². The summed E-state index contributed by atoms with van der Waals surface area (Å²) in [6, 6.07) is 5.48. The average Bonchev–Trinajstić information content (AvgIpc) is 2.94. The monoisotopic (exact) mass is 313 g/mol. The highest BCUT2D eigenvalue weighted by Gasteiger charge is 2.23. The molecule has 0 bridgehead atoms. The first kappa shape index (κ1) is 13.2. The molecule has 1 aliphatic heterocycles. The molecule has 0 amide bonds. The third kappa shape index (κ3) is 2.33. The third-order valence-corrected chi connectivity index (χ3v) is 4.25. The van der Waals surface area contributed by atoms with E-state index >= 15 is 0 Å². The van der Waals surface area contributed by atoms with Crippen molar-refractivity contribution in [3.05, 3.63) is 39.5 Å². The van der Waals surface area contributed by atoms with Crippen LogP contribution in [0.1, 0.15) is 11.3 Å². The summed E-state index contributed by atoms with van der Waals surface area (Å²) in [5.74, 6) is 1.98. The number of thioether (sulfide) groups is 1. The molecule has 0 unspecified atom stereocenters. The quantitative estimate of drug-likeness (QED) is 0.928. The van der Waals surface area contributed by atoms with Gasteiger partial charge in [0.25, 0.3) is 0 Å². The van der Waals surface area contributed by atoms with E-state index < -0.39 is 0 Å². The van der Waals surface area contributed by atoms with Gasteiger partial charge in [-0.1, -0.05) is 23.2 Å². The maximum absolute atomic E-state index is 6.27. The number of hydrogen-bond donors (Lipinski definition) is 1. The van der Waals surface area contributed by atoms with Crippen molar-refractivity contribution >= 4 is 40.8 Å². The lowest BCUT2D eigenvalue weighted by Gasteiger charge is -2.08. The van der Waals surface area contributed by atoms with E-state index in [0.717, 1.165) is 35.9 Å². The maximum Gasteiger partial charge on any atom is 0.133 e. The molecule has 1 aromatic heterocycles. The minimum atomic E-state index is 0.613. The lowest BCUT2D eigenvalue weighted by atomic mass is 10.2. The lowest BCUT2D eigenvalue weighted by Crippen LogP contribution is -2.05. The molecule has 0 fully saturated rings. The van der Waals surface area contributed by atoms with Crippen LogP contribution in [0.2, 0.25) is 10.0 Å². The smallest absolute Gasteiger partial charge is 0.133 e. The van der Waals surface area contributed by atoms with Crippen LogP contribution in [0.4, 0.5) is 5.82 Å². The van der Waals surface area contributed by atoms with E-state index in [0.29, 0.717) is 10.0 Å². The highest BCUT2D eigenvalue weighted by atomic mass is 35.5. The number of fused-ring (bicyclic) bond motifs is 1. The van der Waals surface area contributed by atoms with Crippen molar-refractivity contribution in [1.29, 1.82) is 0 Å². The molecule has 0 saturated carbocycles. The van der Waals surface area contributed by atoms with E-state index in [4.69, 9.17) is 23.2 Å². The fourth-order valence-corrected chi connectivity index (χ4v) is 3.32. The second-order valence-electron chi connectivity index (χ2n) is 4.39. The van der Waals surface area contributed by atoms with E-state index in [1.807, 2.05) is 16.8 Å². The molecular formula is C13H13Cl2N3S. The van der Waals surface area contributed by atoms with Crippen LogP contribution >= 0.6 is 35.0 Å².